The second-order valence-electron chi connectivity index (χ2n) is 3.16. The fourth-order valence-corrected chi connectivity index (χ4v) is 1.18. The lowest BCUT2D eigenvalue weighted by Gasteiger charge is -2.13. The number of carboxylic acids is 1. The highest BCUT2D eigenvalue weighted by molar-refractivity contribution is 5.73. The first-order chi connectivity index (χ1) is 7.43. The van der Waals surface area contributed by atoms with Crippen LogP contribution in [0.2, 0.25) is 0 Å². The predicted molar refractivity (Wildman–Crippen MR) is 48.9 cm³/mol. The highest BCUT2D eigenvalue weighted by atomic mass is 19.3. The van der Waals surface area contributed by atoms with Crippen LogP contribution in [-0.2, 0) is 4.79 Å². The third-order valence-corrected chi connectivity index (χ3v) is 2.02. The molecule has 0 heterocycles. The van der Waals surface area contributed by atoms with Crippen molar-refractivity contribution in [2.75, 3.05) is 0 Å². The Kier molecular flexibility index (Phi) is 3.89. The minimum atomic E-state index is -2.75. The molecule has 0 amide bonds. The zero-order valence-electron chi connectivity index (χ0n) is 7.98. The van der Waals surface area contributed by atoms with Gasteiger partial charge in [-0.15, -0.1) is 0 Å². The molecule has 2 atom stereocenters. The molecule has 6 heteroatoms. The number of alkyl halides is 3. The summed E-state index contributed by atoms with van der Waals surface area (Å²) in [7, 11) is 0. The molecular formula is C10H9F3O3. The van der Waals surface area contributed by atoms with E-state index < -0.39 is 30.2 Å². The van der Waals surface area contributed by atoms with E-state index >= 15 is 0 Å². The van der Waals surface area contributed by atoms with Crippen LogP contribution in [0.3, 0.4) is 0 Å². The van der Waals surface area contributed by atoms with Gasteiger partial charge in [-0.2, -0.15) is 0 Å². The second-order valence-corrected chi connectivity index (χ2v) is 3.16. The first-order valence-electron chi connectivity index (χ1n) is 4.36. The first-order valence-corrected chi connectivity index (χ1v) is 4.36. The Morgan fingerprint density at radius 1 is 1.19 bits per heavy atom. The van der Waals surface area contributed by atoms with Crippen molar-refractivity contribution in [3.63, 3.8) is 0 Å². The maximum absolute atomic E-state index is 12.9. The molecule has 0 spiro atoms. The molecule has 2 N–H and O–H groups in total. The average molecular weight is 234 g/mol. The largest absolute Gasteiger partial charge is 0.479 e. The minimum Gasteiger partial charge on any atom is -0.479 e. The highest BCUT2D eigenvalue weighted by Crippen LogP contribution is 2.25. The van der Waals surface area contributed by atoms with Crippen LogP contribution in [0.1, 0.15) is 23.7 Å². The van der Waals surface area contributed by atoms with E-state index in [1.165, 1.54) is 12.1 Å². The maximum Gasteiger partial charge on any atom is 0.341 e. The van der Waals surface area contributed by atoms with Gasteiger partial charge in [-0.1, -0.05) is 18.2 Å². The van der Waals surface area contributed by atoms with Crippen molar-refractivity contribution in [1.82, 2.24) is 0 Å². The number of benzene rings is 1. The summed E-state index contributed by atoms with van der Waals surface area (Å²) in [6.07, 6.45) is -7.24. The summed E-state index contributed by atoms with van der Waals surface area (Å²) >= 11 is 0. The van der Waals surface area contributed by atoms with Gasteiger partial charge >= 0.3 is 5.97 Å². The zero-order chi connectivity index (χ0) is 12.3. The van der Waals surface area contributed by atoms with Crippen molar-refractivity contribution in [3.8, 4) is 0 Å². The fraction of sp³-hybridized carbons (Fsp3) is 0.300. The number of hydrogen-bond acceptors (Lipinski definition) is 2. The summed E-state index contributed by atoms with van der Waals surface area (Å²) in [4.78, 5) is 10.2. The average Bonchev–Trinajstić information content (AvgIpc) is 2.27. The highest BCUT2D eigenvalue weighted by Gasteiger charge is 2.27. The SMILES string of the molecule is O=C(O)C(F)C(O)c1cccc(C(F)F)c1. The zero-order valence-corrected chi connectivity index (χ0v) is 7.98. The molecule has 1 rings (SSSR count). The van der Waals surface area contributed by atoms with E-state index in [-0.39, 0.29) is 5.56 Å². The van der Waals surface area contributed by atoms with E-state index in [0.717, 1.165) is 12.1 Å². The Labute approximate surface area is 89.1 Å². The molecule has 0 radical (unpaired) electrons. The van der Waals surface area contributed by atoms with Crippen LogP contribution < -0.4 is 0 Å². The molecule has 0 aliphatic heterocycles. The third-order valence-electron chi connectivity index (χ3n) is 2.02. The molecule has 1 aromatic carbocycles. The Morgan fingerprint density at radius 2 is 1.75 bits per heavy atom. The molecule has 88 valence electrons. The molecule has 0 aromatic heterocycles. The summed E-state index contributed by atoms with van der Waals surface area (Å²) in [5.41, 5.74) is -0.582. The number of halogens is 3. The van der Waals surface area contributed by atoms with E-state index in [4.69, 9.17) is 5.11 Å². The molecule has 0 saturated carbocycles. The lowest BCUT2D eigenvalue weighted by molar-refractivity contribution is -0.147. The number of aliphatic hydroxyl groups is 1. The molecular weight excluding hydrogens is 225 g/mol. The van der Waals surface area contributed by atoms with Gasteiger partial charge in [0.25, 0.3) is 6.43 Å². The summed E-state index contributed by atoms with van der Waals surface area (Å²) in [5.74, 6) is -1.84. The number of hydrogen-bond donors (Lipinski definition) is 2. The standard InChI is InChI=1S/C10H9F3O3/c11-7(10(15)16)8(14)5-2-1-3-6(4-5)9(12)13/h1-4,7-9,14H,(H,15,16). The number of rotatable bonds is 4. The lowest BCUT2D eigenvalue weighted by atomic mass is 10.0. The fourth-order valence-electron chi connectivity index (χ4n) is 1.18. The molecule has 2 unspecified atom stereocenters. The van der Waals surface area contributed by atoms with Gasteiger partial charge in [-0.25, -0.2) is 18.0 Å². The predicted octanol–water partition coefficient (Wildman–Crippen LogP) is 2.08. The Bertz CT molecular complexity index is 381. The summed E-state index contributed by atoms with van der Waals surface area (Å²) < 4.78 is 37.5. The van der Waals surface area contributed by atoms with Gasteiger partial charge in [0.1, 0.15) is 6.10 Å². The molecule has 0 aliphatic carbocycles. The summed E-state index contributed by atoms with van der Waals surface area (Å²) in [5, 5.41) is 17.6. The van der Waals surface area contributed by atoms with Crippen molar-refractivity contribution in [3.05, 3.63) is 35.4 Å². The molecule has 16 heavy (non-hydrogen) atoms. The molecule has 3 nitrogen and oxygen atoms in total. The molecule has 0 fully saturated rings. The Balaban J connectivity index is 2.95. The van der Waals surface area contributed by atoms with Gasteiger partial charge in [0.05, 0.1) is 0 Å². The van der Waals surface area contributed by atoms with E-state index in [1.54, 1.807) is 0 Å². The summed E-state index contributed by atoms with van der Waals surface area (Å²) in [6.45, 7) is 0. The molecule has 0 bridgehead atoms. The Hall–Kier alpha value is -1.56. The van der Waals surface area contributed by atoms with Gasteiger partial charge in [0.2, 0.25) is 6.17 Å². The van der Waals surface area contributed by atoms with E-state index in [2.05, 4.69) is 0 Å². The van der Waals surface area contributed by atoms with Crippen molar-refractivity contribution in [2.45, 2.75) is 18.7 Å². The molecule has 1 aromatic rings. The van der Waals surface area contributed by atoms with Crippen LogP contribution in [0.25, 0.3) is 0 Å². The van der Waals surface area contributed by atoms with Crippen LogP contribution >= 0.6 is 0 Å². The third kappa shape index (κ3) is 2.73. The number of carbonyl (C=O) groups is 1. The van der Waals surface area contributed by atoms with Crippen LogP contribution in [-0.4, -0.2) is 22.4 Å². The van der Waals surface area contributed by atoms with Gasteiger partial charge in [-0.05, 0) is 11.6 Å². The Morgan fingerprint density at radius 3 is 2.25 bits per heavy atom. The topological polar surface area (TPSA) is 57.5 Å². The lowest BCUT2D eigenvalue weighted by Crippen LogP contribution is -2.23. The monoisotopic (exact) mass is 234 g/mol. The van der Waals surface area contributed by atoms with Crippen LogP contribution in [0.15, 0.2) is 24.3 Å². The van der Waals surface area contributed by atoms with Crippen molar-refractivity contribution in [1.29, 1.82) is 0 Å². The van der Waals surface area contributed by atoms with E-state index in [1.807, 2.05) is 0 Å². The normalized spacial score (nSPS) is 14.8. The quantitative estimate of drug-likeness (QED) is 0.838. The van der Waals surface area contributed by atoms with E-state index in [9.17, 15) is 23.1 Å². The van der Waals surface area contributed by atoms with E-state index in [0.29, 0.717) is 0 Å². The number of aliphatic hydroxyl groups excluding tert-OH is 1. The van der Waals surface area contributed by atoms with Gasteiger partial charge < -0.3 is 10.2 Å². The van der Waals surface area contributed by atoms with Crippen LogP contribution in [0.5, 0.6) is 0 Å². The molecule has 0 saturated heterocycles. The van der Waals surface area contributed by atoms with Crippen LogP contribution in [0.4, 0.5) is 13.2 Å². The number of carboxylic acid groups (broad SMARTS) is 1. The minimum absolute atomic E-state index is 0.187. The maximum atomic E-state index is 12.9. The van der Waals surface area contributed by atoms with Crippen molar-refractivity contribution < 1.29 is 28.2 Å². The van der Waals surface area contributed by atoms with Gasteiger partial charge in [-0.3, -0.25) is 0 Å². The van der Waals surface area contributed by atoms with Gasteiger partial charge in [0, 0.05) is 5.56 Å². The van der Waals surface area contributed by atoms with Gasteiger partial charge in [0.15, 0.2) is 0 Å². The smallest absolute Gasteiger partial charge is 0.341 e. The van der Waals surface area contributed by atoms with Crippen molar-refractivity contribution >= 4 is 5.97 Å². The van der Waals surface area contributed by atoms with Crippen LogP contribution in [0, 0.1) is 0 Å². The summed E-state index contributed by atoms with van der Waals surface area (Å²) in [6, 6.07) is 4.38. The number of aliphatic carboxylic acids is 1. The first kappa shape index (κ1) is 12.5. The molecule has 0 aliphatic rings. The second kappa shape index (κ2) is 4.98. The van der Waals surface area contributed by atoms with Crippen molar-refractivity contribution in [2.24, 2.45) is 0 Å².